The Balaban J connectivity index is 1.46. The number of hydrogen-bond donors (Lipinski definition) is 3. The van der Waals surface area contributed by atoms with E-state index in [2.05, 4.69) is 26.0 Å². The predicted molar refractivity (Wildman–Crippen MR) is 128 cm³/mol. The molecule has 172 valence electrons. The van der Waals surface area contributed by atoms with Gasteiger partial charge in [0, 0.05) is 39.3 Å². The zero-order valence-corrected chi connectivity index (χ0v) is 19.3. The Morgan fingerprint density at radius 2 is 1.85 bits per heavy atom. The van der Waals surface area contributed by atoms with Crippen LogP contribution in [0.2, 0.25) is 5.02 Å². The number of pyridine rings is 1. The molecule has 33 heavy (non-hydrogen) atoms. The molecule has 2 aromatic heterocycles. The van der Waals surface area contributed by atoms with E-state index in [9.17, 15) is 9.59 Å². The minimum atomic E-state index is -0.192. The van der Waals surface area contributed by atoms with Gasteiger partial charge < -0.3 is 20.9 Å². The number of para-hydroxylation sites is 1. The Morgan fingerprint density at radius 1 is 1.09 bits per heavy atom. The van der Waals surface area contributed by atoms with Crippen molar-refractivity contribution in [3.63, 3.8) is 0 Å². The summed E-state index contributed by atoms with van der Waals surface area (Å²) in [6.45, 7) is 3.09. The number of nitrogens with one attached hydrogen (secondary N) is 3. The molecule has 1 aliphatic heterocycles. The summed E-state index contributed by atoms with van der Waals surface area (Å²) in [7, 11) is 1.59. The van der Waals surface area contributed by atoms with Crippen molar-refractivity contribution < 1.29 is 9.59 Å². The number of carbonyl (C=O) groups is 2. The molecule has 1 aromatic carbocycles. The molecular weight excluding hydrogens is 442 g/mol. The number of hydrogen-bond acceptors (Lipinski definition) is 6. The average molecular weight is 468 g/mol. The SMILES string of the molecule is CNC(=O)c1ccccc1Nc1cc(Nc2cnn(C3CCN(C(C)=O)CC3)c2)ncc1Cl. The third-order valence-electron chi connectivity index (χ3n) is 5.68. The van der Waals surface area contributed by atoms with Crippen LogP contribution in [0.4, 0.5) is 22.9 Å². The molecule has 0 unspecified atom stereocenters. The molecule has 0 spiro atoms. The number of nitrogens with zero attached hydrogens (tertiary/aromatic N) is 4. The molecule has 9 nitrogen and oxygen atoms in total. The van der Waals surface area contributed by atoms with Gasteiger partial charge in [0.15, 0.2) is 0 Å². The van der Waals surface area contributed by atoms with Crippen molar-refractivity contribution in [2.45, 2.75) is 25.8 Å². The lowest BCUT2D eigenvalue weighted by Gasteiger charge is -2.31. The highest BCUT2D eigenvalue weighted by molar-refractivity contribution is 6.33. The fraction of sp³-hybridized carbons (Fsp3) is 0.304. The summed E-state index contributed by atoms with van der Waals surface area (Å²) >= 11 is 6.36. The van der Waals surface area contributed by atoms with E-state index in [1.54, 1.807) is 44.6 Å². The van der Waals surface area contributed by atoms with Crippen molar-refractivity contribution in [1.29, 1.82) is 0 Å². The number of amides is 2. The molecule has 0 radical (unpaired) electrons. The summed E-state index contributed by atoms with van der Waals surface area (Å²) in [5.74, 6) is 0.515. The average Bonchev–Trinajstić information content (AvgIpc) is 3.29. The van der Waals surface area contributed by atoms with Crippen LogP contribution in [0.5, 0.6) is 0 Å². The van der Waals surface area contributed by atoms with Crippen LogP contribution >= 0.6 is 11.6 Å². The van der Waals surface area contributed by atoms with Gasteiger partial charge in [0.2, 0.25) is 5.91 Å². The van der Waals surface area contributed by atoms with Crippen LogP contribution in [0.15, 0.2) is 48.9 Å². The van der Waals surface area contributed by atoms with Gasteiger partial charge in [0.1, 0.15) is 5.82 Å². The van der Waals surface area contributed by atoms with Crippen LogP contribution in [0.25, 0.3) is 0 Å². The maximum Gasteiger partial charge on any atom is 0.253 e. The quantitative estimate of drug-likeness (QED) is 0.507. The van der Waals surface area contributed by atoms with Crippen LogP contribution in [0.3, 0.4) is 0 Å². The highest BCUT2D eigenvalue weighted by Crippen LogP contribution is 2.30. The fourth-order valence-corrected chi connectivity index (χ4v) is 4.02. The normalized spacial score (nSPS) is 14.1. The Bertz CT molecular complexity index is 1160. The second kappa shape index (κ2) is 9.91. The first kappa shape index (κ1) is 22.6. The highest BCUT2D eigenvalue weighted by Gasteiger charge is 2.22. The molecule has 3 heterocycles. The second-order valence-electron chi connectivity index (χ2n) is 7.87. The molecule has 0 bridgehead atoms. The number of carbonyl (C=O) groups excluding carboxylic acids is 2. The lowest BCUT2D eigenvalue weighted by molar-refractivity contribution is -0.130. The summed E-state index contributed by atoms with van der Waals surface area (Å²) < 4.78 is 1.94. The third-order valence-corrected chi connectivity index (χ3v) is 5.98. The van der Waals surface area contributed by atoms with Gasteiger partial charge in [-0.25, -0.2) is 4.98 Å². The van der Waals surface area contributed by atoms with Gasteiger partial charge >= 0.3 is 0 Å². The number of likely N-dealkylation sites (tertiary alicyclic amines) is 1. The smallest absolute Gasteiger partial charge is 0.253 e. The Morgan fingerprint density at radius 3 is 2.58 bits per heavy atom. The minimum Gasteiger partial charge on any atom is -0.355 e. The molecule has 3 aromatic rings. The van der Waals surface area contributed by atoms with E-state index in [0.717, 1.165) is 31.6 Å². The van der Waals surface area contributed by atoms with Crippen LogP contribution in [0, 0.1) is 0 Å². The number of piperidine rings is 1. The molecule has 4 rings (SSSR count). The molecule has 0 aliphatic carbocycles. The lowest BCUT2D eigenvalue weighted by Crippen LogP contribution is -2.37. The highest BCUT2D eigenvalue weighted by atomic mass is 35.5. The van der Waals surface area contributed by atoms with Gasteiger partial charge in [-0.2, -0.15) is 5.10 Å². The zero-order chi connectivity index (χ0) is 23.4. The van der Waals surface area contributed by atoms with Crippen molar-refractivity contribution in [1.82, 2.24) is 25.0 Å². The fourth-order valence-electron chi connectivity index (χ4n) is 3.87. The van der Waals surface area contributed by atoms with Crippen molar-refractivity contribution in [2.75, 3.05) is 30.8 Å². The second-order valence-corrected chi connectivity index (χ2v) is 8.28. The maximum atomic E-state index is 12.2. The van der Waals surface area contributed by atoms with E-state index in [4.69, 9.17) is 11.6 Å². The summed E-state index contributed by atoms with van der Waals surface area (Å²) in [5, 5.41) is 14.0. The Kier molecular flexibility index (Phi) is 6.79. The van der Waals surface area contributed by atoms with Gasteiger partial charge in [0.05, 0.1) is 46.1 Å². The van der Waals surface area contributed by atoms with E-state index in [-0.39, 0.29) is 17.9 Å². The number of benzene rings is 1. The topological polar surface area (TPSA) is 104 Å². The number of aromatic nitrogens is 3. The van der Waals surface area contributed by atoms with E-state index in [0.29, 0.717) is 27.8 Å². The van der Waals surface area contributed by atoms with E-state index >= 15 is 0 Å². The van der Waals surface area contributed by atoms with Crippen LogP contribution < -0.4 is 16.0 Å². The van der Waals surface area contributed by atoms with Crippen molar-refractivity contribution in [3.8, 4) is 0 Å². The summed E-state index contributed by atoms with van der Waals surface area (Å²) in [6, 6.07) is 9.25. The van der Waals surface area contributed by atoms with Gasteiger partial charge in [-0.3, -0.25) is 14.3 Å². The third kappa shape index (κ3) is 5.25. The molecule has 1 aliphatic rings. The number of halogens is 1. The standard InChI is InChI=1S/C23H26ClN7O2/c1-15(32)30-9-7-17(8-10-30)31-14-16(12-27-31)28-22-11-21(19(24)13-26-22)29-20-6-4-3-5-18(20)23(33)25-2/h3-6,11-14,17H,7-10H2,1-2H3,(H,25,33)(H2,26,28,29). The molecule has 1 saturated heterocycles. The molecule has 1 fully saturated rings. The largest absolute Gasteiger partial charge is 0.355 e. The monoisotopic (exact) mass is 467 g/mol. The Hall–Kier alpha value is -3.59. The minimum absolute atomic E-state index is 0.118. The van der Waals surface area contributed by atoms with Crippen LogP contribution in [-0.4, -0.2) is 51.6 Å². The van der Waals surface area contributed by atoms with Crippen molar-refractivity contribution in [3.05, 3.63) is 59.5 Å². The van der Waals surface area contributed by atoms with Crippen LogP contribution in [0.1, 0.15) is 36.2 Å². The predicted octanol–water partition coefficient (Wildman–Crippen LogP) is 3.96. The molecule has 10 heteroatoms. The summed E-state index contributed by atoms with van der Waals surface area (Å²) in [6.07, 6.45) is 6.99. The molecule has 3 N–H and O–H groups in total. The van der Waals surface area contributed by atoms with Crippen molar-refractivity contribution in [2.24, 2.45) is 0 Å². The van der Waals surface area contributed by atoms with Gasteiger partial charge in [0.25, 0.3) is 5.91 Å². The summed E-state index contributed by atoms with van der Waals surface area (Å²) in [4.78, 5) is 29.9. The van der Waals surface area contributed by atoms with E-state index in [1.165, 1.54) is 0 Å². The van der Waals surface area contributed by atoms with Gasteiger partial charge in [-0.05, 0) is 25.0 Å². The number of rotatable bonds is 6. The first-order chi connectivity index (χ1) is 15.9. The first-order valence-electron chi connectivity index (χ1n) is 10.7. The van der Waals surface area contributed by atoms with Gasteiger partial charge in [-0.1, -0.05) is 23.7 Å². The van der Waals surface area contributed by atoms with Crippen LogP contribution in [-0.2, 0) is 4.79 Å². The van der Waals surface area contributed by atoms with Gasteiger partial charge in [-0.15, -0.1) is 0 Å². The van der Waals surface area contributed by atoms with Crippen molar-refractivity contribution >= 4 is 46.3 Å². The molecule has 0 saturated carbocycles. The molecule has 0 atom stereocenters. The Labute approximate surface area is 197 Å². The van der Waals surface area contributed by atoms with E-state index < -0.39 is 0 Å². The maximum absolute atomic E-state index is 12.2. The summed E-state index contributed by atoms with van der Waals surface area (Å²) in [5.41, 5.74) is 2.57. The van der Waals surface area contributed by atoms with E-state index in [1.807, 2.05) is 27.9 Å². The lowest BCUT2D eigenvalue weighted by atomic mass is 10.1. The zero-order valence-electron chi connectivity index (χ0n) is 18.5. The number of anilines is 4. The first-order valence-corrected chi connectivity index (χ1v) is 11.1. The molecular formula is C23H26ClN7O2. The molecule has 2 amide bonds.